The van der Waals surface area contributed by atoms with E-state index in [4.69, 9.17) is 4.74 Å². The third-order valence-electron chi connectivity index (χ3n) is 3.09. The van der Waals surface area contributed by atoms with Crippen molar-refractivity contribution in [3.63, 3.8) is 0 Å². The van der Waals surface area contributed by atoms with Crippen LogP contribution in [0.1, 0.15) is 19.8 Å². The number of rotatable bonds is 6. The van der Waals surface area contributed by atoms with Gasteiger partial charge in [0.05, 0.1) is 17.3 Å². The van der Waals surface area contributed by atoms with Crippen LogP contribution in [0.4, 0.5) is 0 Å². The molecule has 0 N–H and O–H groups in total. The zero-order valence-corrected chi connectivity index (χ0v) is 14.2. The predicted octanol–water partition coefficient (Wildman–Crippen LogP) is 3.30. The highest BCUT2D eigenvalue weighted by Crippen LogP contribution is 2.23. The van der Waals surface area contributed by atoms with Gasteiger partial charge in [0.15, 0.2) is 4.80 Å². The number of methoxy groups -OCH3 is 1. The fraction of sp³-hybridized carbons (Fsp3) is 0.467. The first-order chi connectivity index (χ1) is 10.2. The van der Waals surface area contributed by atoms with E-state index in [9.17, 15) is 4.79 Å². The SMILES string of the molecule is CCCC(=O)N=c1sc2cc(OC)ccc2n1CCSC. The Labute approximate surface area is 132 Å². The van der Waals surface area contributed by atoms with Crippen LogP contribution in [0.2, 0.25) is 0 Å². The minimum Gasteiger partial charge on any atom is -0.497 e. The fourth-order valence-corrected chi connectivity index (χ4v) is 3.51. The lowest BCUT2D eigenvalue weighted by molar-refractivity contribution is -0.118. The molecule has 0 atom stereocenters. The Balaban J connectivity index is 2.53. The van der Waals surface area contributed by atoms with Crippen molar-refractivity contribution < 1.29 is 9.53 Å². The summed E-state index contributed by atoms with van der Waals surface area (Å²) in [5.74, 6) is 1.77. The van der Waals surface area contributed by atoms with E-state index in [1.54, 1.807) is 30.2 Å². The average molecular weight is 324 g/mol. The predicted molar refractivity (Wildman–Crippen MR) is 90.2 cm³/mol. The highest BCUT2D eigenvalue weighted by atomic mass is 32.2. The van der Waals surface area contributed by atoms with Gasteiger partial charge >= 0.3 is 0 Å². The largest absolute Gasteiger partial charge is 0.497 e. The summed E-state index contributed by atoms with van der Waals surface area (Å²) in [6.45, 7) is 2.84. The molecule has 0 aliphatic carbocycles. The zero-order valence-electron chi connectivity index (χ0n) is 12.6. The van der Waals surface area contributed by atoms with Gasteiger partial charge < -0.3 is 9.30 Å². The lowest BCUT2D eigenvalue weighted by Crippen LogP contribution is -2.18. The maximum absolute atomic E-state index is 11.8. The maximum Gasteiger partial charge on any atom is 0.248 e. The molecule has 0 aliphatic heterocycles. The minimum absolute atomic E-state index is 0.0473. The summed E-state index contributed by atoms with van der Waals surface area (Å²) in [5.41, 5.74) is 1.11. The number of thiazole rings is 1. The second-order valence-electron chi connectivity index (χ2n) is 4.62. The standard InChI is InChI=1S/C15H20N2O2S2/c1-4-5-14(18)16-15-17(8-9-20-3)12-7-6-11(19-2)10-13(12)21-15/h6-7,10H,4-5,8-9H2,1-3H3. The summed E-state index contributed by atoms with van der Waals surface area (Å²) in [4.78, 5) is 16.9. The second kappa shape index (κ2) is 7.66. The molecule has 0 fully saturated rings. The van der Waals surface area contributed by atoms with E-state index in [-0.39, 0.29) is 5.91 Å². The topological polar surface area (TPSA) is 43.6 Å². The van der Waals surface area contributed by atoms with Crippen LogP contribution in [-0.2, 0) is 11.3 Å². The Morgan fingerprint density at radius 3 is 2.95 bits per heavy atom. The lowest BCUT2D eigenvalue weighted by atomic mass is 10.3. The molecule has 21 heavy (non-hydrogen) atoms. The third kappa shape index (κ3) is 3.89. The molecule has 6 heteroatoms. The summed E-state index contributed by atoms with van der Waals surface area (Å²) >= 11 is 3.33. The molecule has 4 nitrogen and oxygen atoms in total. The van der Waals surface area contributed by atoms with E-state index >= 15 is 0 Å². The van der Waals surface area contributed by atoms with Crippen molar-refractivity contribution in [1.82, 2.24) is 4.57 Å². The number of carbonyl (C=O) groups excluding carboxylic acids is 1. The van der Waals surface area contributed by atoms with Crippen molar-refractivity contribution in [3.05, 3.63) is 23.0 Å². The molecule has 0 aliphatic rings. The molecule has 114 valence electrons. The van der Waals surface area contributed by atoms with Crippen molar-refractivity contribution in [2.45, 2.75) is 26.3 Å². The van der Waals surface area contributed by atoms with Crippen molar-refractivity contribution >= 4 is 39.2 Å². The molecule has 2 aromatic rings. The number of aromatic nitrogens is 1. The first-order valence-electron chi connectivity index (χ1n) is 6.93. The smallest absolute Gasteiger partial charge is 0.248 e. The van der Waals surface area contributed by atoms with E-state index in [0.717, 1.165) is 39.5 Å². The number of hydrogen-bond acceptors (Lipinski definition) is 4. The number of aryl methyl sites for hydroxylation is 1. The molecule has 0 radical (unpaired) electrons. The van der Waals surface area contributed by atoms with Crippen molar-refractivity contribution in [3.8, 4) is 5.75 Å². The normalized spacial score (nSPS) is 12.0. The fourth-order valence-electron chi connectivity index (χ4n) is 2.04. The number of thioether (sulfide) groups is 1. The summed E-state index contributed by atoms with van der Waals surface area (Å²) < 4.78 is 8.49. The summed E-state index contributed by atoms with van der Waals surface area (Å²) in [5, 5.41) is 0. The van der Waals surface area contributed by atoms with E-state index < -0.39 is 0 Å². The highest BCUT2D eigenvalue weighted by Gasteiger charge is 2.08. The Morgan fingerprint density at radius 2 is 2.29 bits per heavy atom. The number of benzene rings is 1. The first-order valence-corrected chi connectivity index (χ1v) is 9.14. The van der Waals surface area contributed by atoms with Crippen molar-refractivity contribution in [2.75, 3.05) is 19.1 Å². The van der Waals surface area contributed by atoms with Crippen LogP contribution in [0.25, 0.3) is 10.2 Å². The number of ether oxygens (including phenoxy) is 1. The molecular weight excluding hydrogens is 304 g/mol. The van der Waals surface area contributed by atoms with Gasteiger partial charge in [-0.25, -0.2) is 0 Å². The summed E-state index contributed by atoms with van der Waals surface area (Å²) in [6, 6.07) is 5.98. The van der Waals surface area contributed by atoms with Crippen LogP contribution in [0.5, 0.6) is 5.75 Å². The quantitative estimate of drug-likeness (QED) is 0.819. The second-order valence-corrected chi connectivity index (χ2v) is 6.61. The minimum atomic E-state index is -0.0473. The van der Waals surface area contributed by atoms with E-state index in [0.29, 0.717) is 6.42 Å². The Kier molecular flexibility index (Phi) is 5.87. The van der Waals surface area contributed by atoms with E-state index in [2.05, 4.69) is 15.8 Å². The van der Waals surface area contributed by atoms with Gasteiger partial charge in [0.25, 0.3) is 0 Å². The van der Waals surface area contributed by atoms with Gasteiger partial charge in [0.2, 0.25) is 5.91 Å². The number of fused-ring (bicyclic) bond motifs is 1. The van der Waals surface area contributed by atoms with Gasteiger partial charge in [-0.15, -0.1) is 0 Å². The number of nitrogens with zero attached hydrogens (tertiary/aromatic N) is 2. The Hall–Kier alpha value is -1.27. The van der Waals surface area contributed by atoms with Crippen LogP contribution in [0.3, 0.4) is 0 Å². The van der Waals surface area contributed by atoms with Crippen LogP contribution >= 0.6 is 23.1 Å². The van der Waals surface area contributed by atoms with E-state index in [1.807, 2.05) is 25.1 Å². The number of amides is 1. The highest BCUT2D eigenvalue weighted by molar-refractivity contribution is 7.98. The first kappa shape index (κ1) is 16.1. The molecule has 1 aromatic heterocycles. The van der Waals surface area contributed by atoms with Gasteiger partial charge in [-0.1, -0.05) is 18.3 Å². The molecular formula is C15H20N2O2S2. The molecule has 1 heterocycles. The van der Waals surface area contributed by atoms with Crippen molar-refractivity contribution in [2.24, 2.45) is 4.99 Å². The molecule has 1 amide bonds. The third-order valence-corrected chi connectivity index (χ3v) is 4.73. The van der Waals surface area contributed by atoms with Crippen LogP contribution in [-0.4, -0.2) is 29.6 Å². The van der Waals surface area contributed by atoms with Gasteiger partial charge in [-0.2, -0.15) is 16.8 Å². The summed E-state index contributed by atoms with van der Waals surface area (Å²) in [6.07, 6.45) is 3.41. The zero-order chi connectivity index (χ0) is 15.2. The Morgan fingerprint density at radius 1 is 1.48 bits per heavy atom. The molecule has 1 aromatic carbocycles. The molecule has 2 rings (SSSR count). The number of carbonyl (C=O) groups is 1. The van der Waals surface area contributed by atoms with Crippen molar-refractivity contribution in [1.29, 1.82) is 0 Å². The summed E-state index contributed by atoms with van der Waals surface area (Å²) in [7, 11) is 1.66. The van der Waals surface area contributed by atoms with E-state index in [1.165, 1.54) is 0 Å². The molecule has 0 saturated heterocycles. The molecule has 0 spiro atoms. The Bertz CT molecular complexity index is 689. The van der Waals surface area contributed by atoms with Crippen LogP contribution in [0, 0.1) is 0 Å². The lowest BCUT2D eigenvalue weighted by Gasteiger charge is -2.04. The molecule has 0 unspecified atom stereocenters. The molecule has 0 saturated carbocycles. The molecule has 0 bridgehead atoms. The van der Waals surface area contributed by atoms with Gasteiger partial charge in [-0.3, -0.25) is 4.79 Å². The van der Waals surface area contributed by atoms with Gasteiger partial charge in [0, 0.05) is 18.7 Å². The van der Waals surface area contributed by atoms with Crippen LogP contribution < -0.4 is 9.54 Å². The average Bonchev–Trinajstić information content (AvgIpc) is 2.81. The monoisotopic (exact) mass is 324 g/mol. The van der Waals surface area contributed by atoms with Gasteiger partial charge in [0.1, 0.15) is 5.75 Å². The van der Waals surface area contributed by atoms with Gasteiger partial charge in [-0.05, 0) is 30.9 Å². The van der Waals surface area contributed by atoms with Crippen LogP contribution in [0.15, 0.2) is 23.2 Å². The maximum atomic E-state index is 11.8. The number of hydrogen-bond donors (Lipinski definition) is 0.